The zero-order chi connectivity index (χ0) is 21.2. The van der Waals surface area contributed by atoms with Crippen molar-refractivity contribution in [1.29, 1.82) is 0 Å². The average molecular weight is 433 g/mol. The predicted molar refractivity (Wildman–Crippen MR) is 110 cm³/mol. The molecule has 0 saturated carbocycles. The number of carbonyl (C=O) groups is 1. The Morgan fingerprint density at radius 2 is 1.90 bits per heavy atom. The van der Waals surface area contributed by atoms with Crippen LogP contribution in [-0.4, -0.2) is 29.1 Å². The van der Waals surface area contributed by atoms with Crippen molar-refractivity contribution in [2.24, 2.45) is 7.05 Å². The molecule has 3 rings (SSSR count). The van der Waals surface area contributed by atoms with Gasteiger partial charge in [-0.15, -0.1) is 0 Å². The summed E-state index contributed by atoms with van der Waals surface area (Å²) >= 11 is 5.02. The Kier molecular flexibility index (Phi) is 5.85. The van der Waals surface area contributed by atoms with Crippen LogP contribution in [0.1, 0.15) is 27.3 Å². The van der Waals surface area contributed by atoms with Crippen molar-refractivity contribution in [2.45, 2.75) is 25.3 Å². The topological polar surface area (TPSA) is 106 Å². The quantitative estimate of drug-likeness (QED) is 0.458. The Morgan fingerprint density at radius 3 is 2.52 bits per heavy atom. The van der Waals surface area contributed by atoms with Crippen molar-refractivity contribution in [3.63, 3.8) is 0 Å². The number of aromatic nitrogens is 3. The second kappa shape index (κ2) is 8.18. The normalized spacial score (nSPS) is 11.3. The van der Waals surface area contributed by atoms with Crippen LogP contribution >= 0.6 is 12.2 Å². The van der Waals surface area contributed by atoms with Crippen molar-refractivity contribution in [3.05, 3.63) is 69.8 Å². The minimum Gasteiger partial charge on any atom is -0.379 e. The van der Waals surface area contributed by atoms with E-state index in [-0.39, 0.29) is 23.1 Å². The average Bonchev–Trinajstić information content (AvgIpc) is 3.00. The van der Waals surface area contributed by atoms with Gasteiger partial charge in [0.15, 0.2) is 10.6 Å². The maximum atomic E-state index is 12.6. The number of nitrogens with zero attached hydrogens (tertiary/aromatic N) is 2. The van der Waals surface area contributed by atoms with E-state index in [1.807, 2.05) is 13.0 Å². The molecule has 0 spiro atoms. The summed E-state index contributed by atoms with van der Waals surface area (Å²) in [6.45, 7) is 3.71. The lowest BCUT2D eigenvalue weighted by atomic mass is 10.2. The first-order chi connectivity index (χ1) is 13.7. The highest BCUT2D eigenvalue weighted by Gasteiger charge is 2.19. The van der Waals surface area contributed by atoms with E-state index in [9.17, 15) is 13.2 Å². The fourth-order valence-corrected chi connectivity index (χ4v) is 4.01. The molecule has 1 heterocycles. The summed E-state index contributed by atoms with van der Waals surface area (Å²) in [5.74, 6) is 0.377. The van der Waals surface area contributed by atoms with E-state index < -0.39 is 10.1 Å². The maximum absolute atomic E-state index is 12.6. The Hall–Kier alpha value is -2.98. The summed E-state index contributed by atoms with van der Waals surface area (Å²) in [6, 6.07) is 11.0. The molecule has 2 N–H and O–H groups in total. The van der Waals surface area contributed by atoms with Crippen molar-refractivity contribution >= 4 is 28.2 Å². The Bertz CT molecular complexity index is 1210. The molecule has 29 heavy (non-hydrogen) atoms. The molecule has 0 unspecified atom stereocenters. The van der Waals surface area contributed by atoms with E-state index in [2.05, 4.69) is 15.5 Å². The van der Waals surface area contributed by atoms with Crippen molar-refractivity contribution in [3.8, 4) is 5.75 Å². The number of carbonyl (C=O) groups excluding carboxylic acids is 1. The van der Waals surface area contributed by atoms with Crippen LogP contribution in [0.5, 0.6) is 5.75 Å². The maximum Gasteiger partial charge on any atom is 0.339 e. The number of benzene rings is 2. The molecule has 0 aliphatic rings. The van der Waals surface area contributed by atoms with Crippen LogP contribution in [-0.2, 0) is 23.7 Å². The molecular formula is C19H20N4O4S2. The standard InChI is InChI=1S/C19H20N4O4S2/c1-12-4-5-13(2)16(10-12)29(25,26)27-15-8-6-14(7-9-15)18(24)20-11-17-21-22-19(28)23(17)3/h4-10H,11H2,1-3H3,(H,20,24)(H,22,28). The lowest BCUT2D eigenvalue weighted by molar-refractivity contribution is 0.0949. The number of H-pyrrole nitrogens is 1. The minimum absolute atomic E-state index is 0.118. The smallest absolute Gasteiger partial charge is 0.339 e. The number of hydrogen-bond acceptors (Lipinski definition) is 6. The molecule has 10 heteroatoms. The molecule has 1 aromatic heterocycles. The summed E-state index contributed by atoms with van der Waals surface area (Å²) in [5, 5.41) is 9.39. The van der Waals surface area contributed by atoms with Gasteiger partial charge in [0, 0.05) is 12.6 Å². The van der Waals surface area contributed by atoms with Gasteiger partial charge in [0.2, 0.25) is 0 Å². The second-order valence-electron chi connectivity index (χ2n) is 6.52. The summed E-state index contributed by atoms with van der Waals surface area (Å²) < 4.78 is 32.5. The van der Waals surface area contributed by atoms with Crippen molar-refractivity contribution in [1.82, 2.24) is 20.1 Å². The largest absolute Gasteiger partial charge is 0.379 e. The van der Waals surface area contributed by atoms with Gasteiger partial charge in [-0.05, 0) is 67.5 Å². The van der Waals surface area contributed by atoms with Gasteiger partial charge in [0.1, 0.15) is 10.6 Å². The van der Waals surface area contributed by atoms with Crippen LogP contribution in [0.2, 0.25) is 0 Å². The number of aryl methyl sites for hydroxylation is 2. The van der Waals surface area contributed by atoms with E-state index >= 15 is 0 Å². The van der Waals surface area contributed by atoms with Gasteiger partial charge >= 0.3 is 10.1 Å². The molecule has 0 atom stereocenters. The van der Waals surface area contributed by atoms with E-state index in [0.717, 1.165) is 5.56 Å². The lowest BCUT2D eigenvalue weighted by Crippen LogP contribution is -2.24. The zero-order valence-corrected chi connectivity index (χ0v) is 17.7. The van der Waals surface area contributed by atoms with E-state index in [1.165, 1.54) is 24.3 Å². The molecule has 152 valence electrons. The van der Waals surface area contributed by atoms with Gasteiger partial charge < -0.3 is 14.1 Å². The van der Waals surface area contributed by atoms with Crippen LogP contribution < -0.4 is 9.50 Å². The summed E-state index contributed by atoms with van der Waals surface area (Å²) in [6.07, 6.45) is 0. The number of aromatic amines is 1. The number of amides is 1. The molecule has 0 bridgehead atoms. The van der Waals surface area contributed by atoms with Gasteiger partial charge in [-0.2, -0.15) is 13.5 Å². The van der Waals surface area contributed by atoms with Crippen LogP contribution in [0.25, 0.3) is 0 Å². The molecule has 2 aromatic carbocycles. The minimum atomic E-state index is -3.97. The third-order valence-corrected chi connectivity index (χ3v) is 6.07. The number of nitrogens with one attached hydrogen (secondary N) is 2. The third-order valence-electron chi connectivity index (χ3n) is 4.31. The van der Waals surface area contributed by atoms with Crippen LogP contribution in [0, 0.1) is 18.6 Å². The fourth-order valence-electron chi connectivity index (χ4n) is 2.61. The molecule has 8 nitrogen and oxygen atoms in total. The molecule has 1 amide bonds. The first-order valence-corrected chi connectivity index (χ1v) is 10.5. The van der Waals surface area contributed by atoms with E-state index in [0.29, 0.717) is 21.7 Å². The van der Waals surface area contributed by atoms with Crippen LogP contribution in [0.3, 0.4) is 0 Å². The zero-order valence-electron chi connectivity index (χ0n) is 16.1. The first kappa shape index (κ1) is 20.7. The van der Waals surface area contributed by atoms with Gasteiger partial charge in [0.05, 0.1) is 6.54 Å². The summed E-state index contributed by atoms with van der Waals surface area (Å²) in [5.41, 5.74) is 1.77. The van der Waals surface area contributed by atoms with Crippen LogP contribution in [0.4, 0.5) is 0 Å². The van der Waals surface area contributed by atoms with Crippen molar-refractivity contribution < 1.29 is 17.4 Å². The van der Waals surface area contributed by atoms with E-state index in [4.69, 9.17) is 16.4 Å². The number of rotatable bonds is 6. The molecule has 0 aliphatic carbocycles. The molecular weight excluding hydrogens is 412 g/mol. The molecule has 0 fully saturated rings. The highest BCUT2D eigenvalue weighted by molar-refractivity contribution is 7.87. The first-order valence-electron chi connectivity index (χ1n) is 8.67. The van der Waals surface area contributed by atoms with Gasteiger partial charge in [-0.3, -0.25) is 9.89 Å². The Labute approximate surface area is 173 Å². The second-order valence-corrected chi connectivity index (χ2v) is 8.42. The number of hydrogen-bond donors (Lipinski definition) is 2. The molecule has 0 aliphatic heterocycles. The Balaban J connectivity index is 1.69. The summed E-state index contributed by atoms with van der Waals surface area (Å²) in [4.78, 5) is 12.4. The highest BCUT2D eigenvalue weighted by Crippen LogP contribution is 2.22. The van der Waals surface area contributed by atoms with E-state index in [1.54, 1.807) is 30.7 Å². The molecule has 3 aromatic rings. The van der Waals surface area contributed by atoms with Gasteiger partial charge in [-0.25, -0.2) is 0 Å². The Morgan fingerprint density at radius 1 is 1.21 bits per heavy atom. The lowest BCUT2D eigenvalue weighted by Gasteiger charge is -2.10. The summed E-state index contributed by atoms with van der Waals surface area (Å²) in [7, 11) is -2.23. The third kappa shape index (κ3) is 4.72. The SMILES string of the molecule is Cc1ccc(C)c(S(=O)(=O)Oc2ccc(C(=O)NCc3n[nH]c(=S)n3C)cc2)c1. The van der Waals surface area contributed by atoms with Gasteiger partial charge in [-0.1, -0.05) is 12.1 Å². The van der Waals surface area contributed by atoms with Crippen LogP contribution in [0.15, 0.2) is 47.4 Å². The molecule has 0 radical (unpaired) electrons. The molecule has 0 saturated heterocycles. The van der Waals surface area contributed by atoms with Crippen molar-refractivity contribution in [2.75, 3.05) is 0 Å². The highest BCUT2D eigenvalue weighted by atomic mass is 32.2. The fraction of sp³-hybridized carbons (Fsp3) is 0.211. The predicted octanol–water partition coefficient (Wildman–Crippen LogP) is 2.79. The monoisotopic (exact) mass is 432 g/mol. The van der Waals surface area contributed by atoms with Gasteiger partial charge in [0.25, 0.3) is 5.91 Å².